The predicted octanol–water partition coefficient (Wildman–Crippen LogP) is 14.6. The molecule has 288 valence electrons. The van der Waals surface area contributed by atoms with E-state index >= 15 is 0 Å². The van der Waals surface area contributed by atoms with Crippen molar-refractivity contribution in [2.75, 3.05) is 0 Å². The second kappa shape index (κ2) is 13.4. The van der Waals surface area contributed by atoms with Gasteiger partial charge in [-0.3, -0.25) is 4.57 Å². The molecule has 0 unspecified atom stereocenters. The fraction of sp³-hybridized carbons (Fsp3) is 0.0169. The van der Waals surface area contributed by atoms with Crippen LogP contribution in [0.4, 0.5) is 0 Å². The molecule has 0 aliphatic heterocycles. The Morgan fingerprint density at radius 2 is 0.758 bits per heavy atom. The van der Waals surface area contributed by atoms with E-state index in [9.17, 15) is 0 Å². The number of fused-ring (bicyclic) bond motifs is 14. The molecule has 0 amide bonds. The van der Waals surface area contributed by atoms with Crippen LogP contribution in [0.2, 0.25) is 0 Å². The lowest BCUT2D eigenvalue weighted by Gasteiger charge is -2.30. The molecule has 62 heavy (non-hydrogen) atoms. The number of rotatable bonds is 5. The molecule has 11 aromatic rings. The van der Waals surface area contributed by atoms with Crippen molar-refractivity contribution in [3.05, 3.63) is 247 Å². The molecule has 3 heteroatoms. The van der Waals surface area contributed by atoms with Crippen molar-refractivity contribution in [2.24, 2.45) is 0 Å². The maximum Gasteiger partial charge on any atom is 0.235 e. The Hall–Kier alpha value is -8.14. The molecule has 2 heterocycles. The zero-order valence-corrected chi connectivity index (χ0v) is 33.7. The fourth-order valence-electron chi connectivity index (χ4n) is 10.6. The van der Waals surface area contributed by atoms with Crippen LogP contribution < -0.4 is 0 Å². The van der Waals surface area contributed by atoms with E-state index in [-0.39, 0.29) is 0 Å². The van der Waals surface area contributed by atoms with Gasteiger partial charge in [-0.1, -0.05) is 212 Å². The molecule has 0 fully saturated rings. The smallest absolute Gasteiger partial charge is 0.235 e. The molecule has 9 aromatic carbocycles. The highest BCUT2D eigenvalue weighted by molar-refractivity contribution is 6.16. The molecular formula is C59H37N3. The van der Waals surface area contributed by atoms with Crippen LogP contribution in [-0.4, -0.2) is 14.5 Å². The summed E-state index contributed by atoms with van der Waals surface area (Å²) in [6.07, 6.45) is 0. The zero-order valence-electron chi connectivity index (χ0n) is 33.7. The van der Waals surface area contributed by atoms with Gasteiger partial charge in [-0.05, 0) is 73.3 Å². The third kappa shape index (κ3) is 4.94. The van der Waals surface area contributed by atoms with Gasteiger partial charge in [-0.15, -0.1) is 0 Å². The normalized spacial score (nSPS) is 13.0. The molecule has 2 aliphatic carbocycles. The van der Waals surface area contributed by atoms with E-state index in [0.717, 1.165) is 33.5 Å². The van der Waals surface area contributed by atoms with E-state index in [1.165, 1.54) is 77.5 Å². The minimum absolute atomic E-state index is 0.469. The first-order valence-electron chi connectivity index (χ1n) is 21.3. The summed E-state index contributed by atoms with van der Waals surface area (Å²) in [5.41, 5.74) is 20.5. The van der Waals surface area contributed by atoms with Crippen LogP contribution in [0.15, 0.2) is 224 Å². The molecule has 0 saturated carbocycles. The topological polar surface area (TPSA) is 30.7 Å². The molecule has 0 saturated heterocycles. The van der Waals surface area contributed by atoms with E-state index < -0.39 is 5.41 Å². The van der Waals surface area contributed by atoms with Gasteiger partial charge in [0.2, 0.25) is 5.95 Å². The average molecular weight is 788 g/mol. The van der Waals surface area contributed by atoms with Crippen molar-refractivity contribution in [1.29, 1.82) is 0 Å². The Morgan fingerprint density at radius 1 is 0.323 bits per heavy atom. The highest BCUT2D eigenvalue weighted by Gasteiger charge is 2.52. The van der Waals surface area contributed by atoms with Crippen LogP contribution in [0.1, 0.15) is 22.3 Å². The highest BCUT2D eigenvalue weighted by Crippen LogP contribution is 2.64. The van der Waals surface area contributed by atoms with E-state index in [1.54, 1.807) is 0 Å². The molecule has 13 rings (SSSR count). The molecule has 0 radical (unpaired) electrons. The lowest BCUT2D eigenvalue weighted by molar-refractivity contribution is 0.794. The lowest BCUT2D eigenvalue weighted by atomic mass is 9.70. The highest BCUT2D eigenvalue weighted by atomic mass is 15.2. The van der Waals surface area contributed by atoms with Gasteiger partial charge < -0.3 is 0 Å². The second-order valence-corrected chi connectivity index (χ2v) is 16.4. The van der Waals surface area contributed by atoms with Crippen molar-refractivity contribution in [2.45, 2.75) is 5.41 Å². The van der Waals surface area contributed by atoms with E-state index in [1.807, 2.05) is 0 Å². The molecule has 0 bridgehead atoms. The number of aromatic nitrogens is 3. The summed E-state index contributed by atoms with van der Waals surface area (Å²) in [5, 5.41) is 2.35. The SMILES string of the molecule is c1ccc(-c2ccc(-c3cc(-c4ccc(-c5ccccc5)cc4)nc(-n4c5ccccc5c5ccc6c(c54)-c4ccccc4C64c5ccccc5-c5ccccc54)n3)cc2)cc1. The Labute approximate surface area is 359 Å². The number of nitrogens with zero attached hydrogens (tertiary/aromatic N) is 3. The molecule has 2 aliphatic rings. The second-order valence-electron chi connectivity index (χ2n) is 16.4. The first kappa shape index (κ1) is 34.7. The number of para-hydroxylation sites is 1. The molecule has 3 nitrogen and oxygen atoms in total. The quantitative estimate of drug-likeness (QED) is 0.174. The Kier molecular flexibility index (Phi) is 7.52. The first-order chi connectivity index (χ1) is 30.8. The van der Waals surface area contributed by atoms with E-state index in [4.69, 9.17) is 9.97 Å². The van der Waals surface area contributed by atoms with Gasteiger partial charge in [0.05, 0.1) is 27.8 Å². The molecule has 1 spiro atoms. The molecular weight excluding hydrogens is 751 g/mol. The fourth-order valence-corrected chi connectivity index (χ4v) is 10.6. The summed E-state index contributed by atoms with van der Waals surface area (Å²) in [6.45, 7) is 0. The van der Waals surface area contributed by atoms with Crippen LogP contribution in [0.25, 0.3) is 94.8 Å². The van der Waals surface area contributed by atoms with Crippen LogP contribution in [0, 0.1) is 0 Å². The van der Waals surface area contributed by atoms with Gasteiger partial charge in [0, 0.05) is 27.5 Å². The lowest BCUT2D eigenvalue weighted by Crippen LogP contribution is -2.25. The summed E-state index contributed by atoms with van der Waals surface area (Å²) >= 11 is 0. The molecule has 2 aromatic heterocycles. The summed E-state index contributed by atoms with van der Waals surface area (Å²) < 4.78 is 2.34. The van der Waals surface area contributed by atoms with Gasteiger partial charge in [0.1, 0.15) is 0 Å². The standard InChI is InChI=1S/C59H37N3/c1-3-15-38(16-4-1)40-27-31-42(32-28-40)53-37-54(43-33-29-41(30-34-43)39-17-5-2-6-18-39)61-58(60-53)62-55-26-14-10-21-46(55)47-35-36-52-56(57(47)62)48-22-9-13-25-51(48)59(52)49-23-11-7-19-44(49)45-20-8-12-24-50(45)59/h1-37H. The summed E-state index contributed by atoms with van der Waals surface area (Å²) in [5.74, 6) is 0.641. The maximum absolute atomic E-state index is 5.53. The number of benzene rings is 9. The molecule has 0 atom stereocenters. The van der Waals surface area contributed by atoms with E-state index in [0.29, 0.717) is 5.95 Å². The summed E-state index contributed by atoms with van der Waals surface area (Å²) in [7, 11) is 0. The van der Waals surface area contributed by atoms with Crippen molar-refractivity contribution < 1.29 is 0 Å². The van der Waals surface area contributed by atoms with Crippen molar-refractivity contribution >= 4 is 21.8 Å². The molecule has 0 N–H and O–H groups in total. The van der Waals surface area contributed by atoms with Crippen LogP contribution in [0.3, 0.4) is 0 Å². The van der Waals surface area contributed by atoms with Crippen LogP contribution in [-0.2, 0) is 5.41 Å². The Balaban J connectivity index is 1.09. The predicted molar refractivity (Wildman–Crippen MR) is 254 cm³/mol. The average Bonchev–Trinajstić information content (AvgIpc) is 3.96. The van der Waals surface area contributed by atoms with Gasteiger partial charge in [0.15, 0.2) is 0 Å². The third-order valence-electron chi connectivity index (χ3n) is 13.3. The van der Waals surface area contributed by atoms with Crippen molar-refractivity contribution in [1.82, 2.24) is 14.5 Å². The van der Waals surface area contributed by atoms with Gasteiger partial charge in [-0.2, -0.15) is 0 Å². The monoisotopic (exact) mass is 787 g/mol. The van der Waals surface area contributed by atoms with Gasteiger partial charge >= 0.3 is 0 Å². The van der Waals surface area contributed by atoms with Crippen LogP contribution in [0.5, 0.6) is 0 Å². The summed E-state index contributed by atoms with van der Waals surface area (Å²) in [4.78, 5) is 11.1. The zero-order chi connectivity index (χ0) is 40.8. The summed E-state index contributed by atoms with van der Waals surface area (Å²) in [6, 6.07) is 81.3. The largest absolute Gasteiger partial charge is 0.277 e. The maximum atomic E-state index is 5.53. The minimum atomic E-state index is -0.469. The third-order valence-corrected chi connectivity index (χ3v) is 13.3. The van der Waals surface area contributed by atoms with Crippen LogP contribution >= 0.6 is 0 Å². The first-order valence-corrected chi connectivity index (χ1v) is 21.3. The van der Waals surface area contributed by atoms with E-state index in [2.05, 4.69) is 229 Å². The van der Waals surface area contributed by atoms with Gasteiger partial charge in [-0.25, -0.2) is 9.97 Å². The minimum Gasteiger partial charge on any atom is -0.277 e. The number of hydrogen-bond donors (Lipinski definition) is 0. The number of hydrogen-bond acceptors (Lipinski definition) is 2. The van der Waals surface area contributed by atoms with Crippen molar-refractivity contribution in [3.63, 3.8) is 0 Å². The Morgan fingerprint density at radius 3 is 1.32 bits per heavy atom. The van der Waals surface area contributed by atoms with Crippen molar-refractivity contribution in [3.8, 4) is 73.0 Å². The Bertz CT molecular complexity index is 3400. The van der Waals surface area contributed by atoms with Gasteiger partial charge in [0.25, 0.3) is 0 Å².